The normalized spacial score (nSPS) is 13.3. The molecule has 1 aliphatic rings. The van der Waals surface area contributed by atoms with Crippen molar-refractivity contribution in [3.8, 4) is 17.2 Å². The molecule has 1 heterocycles. The smallest absolute Gasteiger partial charge is 0.411 e. The van der Waals surface area contributed by atoms with Crippen molar-refractivity contribution in [3.63, 3.8) is 0 Å². The van der Waals surface area contributed by atoms with Gasteiger partial charge < -0.3 is 38.6 Å². The number of nitrogens with zero attached hydrogens (tertiary/aromatic N) is 1. The molecular formula is C23H31N3O9. The van der Waals surface area contributed by atoms with Crippen molar-refractivity contribution in [1.82, 2.24) is 10.2 Å². The lowest BCUT2D eigenvalue weighted by atomic mass is 10.2. The van der Waals surface area contributed by atoms with Gasteiger partial charge in [-0.05, 0) is 6.08 Å². The summed E-state index contributed by atoms with van der Waals surface area (Å²) in [5, 5.41) is 5.14. The van der Waals surface area contributed by atoms with Gasteiger partial charge in [0.25, 0.3) is 0 Å². The SMILES string of the molecule is COc1cc(NC(=O)OCC(COC(=O)NCC2=CC=CCN2C(C)=O)OC)cc(OC)c1OC. The maximum Gasteiger partial charge on any atom is 0.411 e. The molecule has 1 unspecified atom stereocenters. The third-order valence-corrected chi connectivity index (χ3v) is 4.90. The van der Waals surface area contributed by atoms with Crippen molar-refractivity contribution in [2.75, 3.05) is 60.1 Å². The third-order valence-electron chi connectivity index (χ3n) is 4.90. The monoisotopic (exact) mass is 493 g/mol. The van der Waals surface area contributed by atoms with Crippen LogP contribution < -0.4 is 24.8 Å². The van der Waals surface area contributed by atoms with Crippen LogP contribution in [0.5, 0.6) is 17.2 Å². The molecule has 0 spiro atoms. The van der Waals surface area contributed by atoms with Crippen molar-refractivity contribution < 1.29 is 42.8 Å². The molecule has 0 bridgehead atoms. The summed E-state index contributed by atoms with van der Waals surface area (Å²) in [6, 6.07) is 3.10. The molecule has 0 fully saturated rings. The fourth-order valence-electron chi connectivity index (χ4n) is 3.08. The molecule has 0 aliphatic carbocycles. The van der Waals surface area contributed by atoms with Gasteiger partial charge in [-0.25, -0.2) is 9.59 Å². The number of amides is 3. The zero-order valence-corrected chi connectivity index (χ0v) is 20.4. The quantitative estimate of drug-likeness (QED) is 0.476. The average Bonchev–Trinajstić information content (AvgIpc) is 2.86. The lowest BCUT2D eigenvalue weighted by molar-refractivity contribution is -0.126. The van der Waals surface area contributed by atoms with Gasteiger partial charge in [0.05, 0.1) is 33.6 Å². The minimum Gasteiger partial charge on any atom is -0.493 e. The largest absolute Gasteiger partial charge is 0.493 e. The molecule has 0 saturated carbocycles. The van der Waals surface area contributed by atoms with E-state index in [4.69, 9.17) is 28.4 Å². The van der Waals surface area contributed by atoms with Gasteiger partial charge in [0, 0.05) is 38.4 Å². The molecule has 2 rings (SSSR count). The van der Waals surface area contributed by atoms with E-state index in [1.54, 1.807) is 23.1 Å². The highest BCUT2D eigenvalue weighted by molar-refractivity contribution is 5.86. The van der Waals surface area contributed by atoms with Crippen LogP contribution in [0.4, 0.5) is 15.3 Å². The van der Waals surface area contributed by atoms with Crippen LogP contribution >= 0.6 is 0 Å². The number of alkyl carbamates (subject to hydrolysis) is 1. The number of ether oxygens (including phenoxy) is 6. The molecule has 1 aromatic rings. The molecule has 3 amide bonds. The Morgan fingerprint density at radius 2 is 1.60 bits per heavy atom. The van der Waals surface area contributed by atoms with Crippen LogP contribution in [-0.4, -0.2) is 83.8 Å². The molecule has 0 saturated heterocycles. The van der Waals surface area contributed by atoms with E-state index < -0.39 is 18.3 Å². The summed E-state index contributed by atoms with van der Waals surface area (Å²) in [5.74, 6) is 0.983. The molecule has 12 heteroatoms. The number of hydrogen-bond acceptors (Lipinski definition) is 9. The van der Waals surface area contributed by atoms with Crippen molar-refractivity contribution in [3.05, 3.63) is 36.1 Å². The number of nitrogens with one attached hydrogen (secondary N) is 2. The lowest BCUT2D eigenvalue weighted by Crippen LogP contribution is -2.38. The van der Waals surface area contributed by atoms with E-state index in [9.17, 15) is 14.4 Å². The molecular weight excluding hydrogens is 462 g/mol. The first-order chi connectivity index (χ1) is 16.8. The van der Waals surface area contributed by atoms with Crippen LogP contribution in [0.25, 0.3) is 0 Å². The Hall–Kier alpha value is -3.93. The van der Waals surface area contributed by atoms with Crippen LogP contribution in [0.15, 0.2) is 36.1 Å². The highest BCUT2D eigenvalue weighted by Crippen LogP contribution is 2.39. The molecule has 1 aromatic carbocycles. The van der Waals surface area contributed by atoms with E-state index in [-0.39, 0.29) is 25.7 Å². The van der Waals surface area contributed by atoms with Crippen LogP contribution in [0.3, 0.4) is 0 Å². The van der Waals surface area contributed by atoms with Gasteiger partial charge in [-0.2, -0.15) is 0 Å². The first-order valence-corrected chi connectivity index (χ1v) is 10.6. The van der Waals surface area contributed by atoms with Crippen molar-refractivity contribution in [2.45, 2.75) is 13.0 Å². The molecule has 192 valence electrons. The van der Waals surface area contributed by atoms with Gasteiger partial charge >= 0.3 is 12.2 Å². The van der Waals surface area contributed by atoms with Crippen LogP contribution in [0, 0.1) is 0 Å². The number of rotatable bonds is 11. The minimum atomic E-state index is -0.757. The molecule has 35 heavy (non-hydrogen) atoms. The fourth-order valence-corrected chi connectivity index (χ4v) is 3.08. The van der Waals surface area contributed by atoms with Crippen LogP contribution in [-0.2, 0) is 19.0 Å². The number of allylic oxidation sites excluding steroid dienone is 2. The highest BCUT2D eigenvalue weighted by Gasteiger charge is 2.19. The zero-order valence-electron chi connectivity index (χ0n) is 20.4. The molecule has 12 nitrogen and oxygen atoms in total. The summed E-state index contributed by atoms with van der Waals surface area (Å²) >= 11 is 0. The van der Waals surface area contributed by atoms with Gasteiger partial charge in [-0.15, -0.1) is 0 Å². The van der Waals surface area contributed by atoms with E-state index in [0.717, 1.165) is 0 Å². The van der Waals surface area contributed by atoms with Gasteiger partial charge in [0.2, 0.25) is 11.7 Å². The van der Waals surface area contributed by atoms with Crippen molar-refractivity contribution >= 4 is 23.8 Å². The molecule has 1 atom stereocenters. The predicted octanol–water partition coefficient (Wildman–Crippen LogP) is 2.30. The van der Waals surface area contributed by atoms with E-state index >= 15 is 0 Å². The number of hydrogen-bond donors (Lipinski definition) is 2. The summed E-state index contributed by atoms with van der Waals surface area (Å²) in [4.78, 5) is 37.5. The molecule has 0 aromatic heterocycles. The molecule has 0 radical (unpaired) electrons. The summed E-state index contributed by atoms with van der Waals surface area (Å²) in [6.07, 6.45) is 3.23. The summed E-state index contributed by atoms with van der Waals surface area (Å²) < 4.78 is 31.3. The van der Waals surface area contributed by atoms with Crippen LogP contribution in [0.2, 0.25) is 0 Å². The average molecular weight is 494 g/mol. The summed E-state index contributed by atoms with van der Waals surface area (Å²) in [5.41, 5.74) is 1.01. The summed E-state index contributed by atoms with van der Waals surface area (Å²) in [6.45, 7) is 1.68. The second-order valence-electron chi connectivity index (χ2n) is 7.16. The number of carbonyl (C=O) groups excluding carboxylic acids is 3. The van der Waals surface area contributed by atoms with Gasteiger partial charge in [-0.3, -0.25) is 10.1 Å². The summed E-state index contributed by atoms with van der Waals surface area (Å²) in [7, 11) is 5.79. The number of benzene rings is 1. The maximum absolute atomic E-state index is 12.2. The fraction of sp³-hybridized carbons (Fsp3) is 0.435. The second kappa shape index (κ2) is 13.7. The lowest BCUT2D eigenvalue weighted by Gasteiger charge is -2.25. The number of methoxy groups -OCH3 is 4. The standard InChI is InChI=1S/C23H31N3O9/c1-15(27)26-9-7-6-8-17(26)12-24-22(28)34-13-18(30-2)14-35-23(29)25-16-10-19(31-3)21(33-5)20(11-16)32-4/h6-8,10-11,18H,9,12-14H2,1-5H3,(H,24,28)(H,25,29). The molecule has 1 aliphatic heterocycles. The first-order valence-electron chi connectivity index (χ1n) is 10.6. The predicted molar refractivity (Wildman–Crippen MR) is 126 cm³/mol. The number of carbonyl (C=O) groups is 3. The Labute approximate surface area is 203 Å². The highest BCUT2D eigenvalue weighted by atomic mass is 16.6. The van der Waals surface area contributed by atoms with Crippen LogP contribution in [0.1, 0.15) is 6.92 Å². The van der Waals surface area contributed by atoms with E-state index in [0.29, 0.717) is 35.2 Å². The topological polar surface area (TPSA) is 134 Å². The van der Waals surface area contributed by atoms with Gasteiger partial charge in [0.15, 0.2) is 11.5 Å². The van der Waals surface area contributed by atoms with Crippen molar-refractivity contribution in [2.24, 2.45) is 0 Å². The Bertz CT molecular complexity index is 937. The third kappa shape index (κ3) is 8.10. The van der Waals surface area contributed by atoms with E-state index in [1.165, 1.54) is 35.4 Å². The second-order valence-corrected chi connectivity index (χ2v) is 7.16. The van der Waals surface area contributed by atoms with E-state index in [1.807, 2.05) is 12.2 Å². The Kier molecular flexibility index (Phi) is 10.7. The number of anilines is 1. The van der Waals surface area contributed by atoms with Gasteiger partial charge in [-0.1, -0.05) is 12.2 Å². The molecule has 2 N–H and O–H groups in total. The minimum absolute atomic E-state index is 0.119. The maximum atomic E-state index is 12.2. The first kappa shape index (κ1) is 27.3. The Morgan fingerprint density at radius 1 is 0.971 bits per heavy atom. The van der Waals surface area contributed by atoms with Gasteiger partial charge in [0.1, 0.15) is 19.3 Å². The van der Waals surface area contributed by atoms with Crippen molar-refractivity contribution in [1.29, 1.82) is 0 Å². The Morgan fingerprint density at radius 3 is 2.14 bits per heavy atom. The Balaban J connectivity index is 1.80. The zero-order chi connectivity index (χ0) is 25.8. The van der Waals surface area contributed by atoms with E-state index in [2.05, 4.69) is 10.6 Å².